The molecule has 0 bridgehead atoms. The average Bonchev–Trinajstić information content (AvgIpc) is 3.07. The number of aromatic nitrogens is 1. The fourth-order valence-electron chi connectivity index (χ4n) is 2.52. The number of nitrogens with one attached hydrogen (secondary N) is 2. The van der Waals surface area contributed by atoms with Gasteiger partial charge in [-0.25, -0.2) is 5.43 Å². The monoisotopic (exact) mass is 442 g/mol. The van der Waals surface area contributed by atoms with Crippen molar-refractivity contribution in [2.24, 2.45) is 5.10 Å². The predicted molar refractivity (Wildman–Crippen MR) is 112 cm³/mol. The molecular formula is C20H18N4O6S. The molecule has 1 aliphatic heterocycles. The molecule has 10 nitrogen and oxygen atoms in total. The van der Waals surface area contributed by atoms with E-state index in [0.717, 1.165) is 11.8 Å². The second-order valence-electron chi connectivity index (χ2n) is 6.11. The summed E-state index contributed by atoms with van der Waals surface area (Å²) in [6.45, 7) is 2.08. The van der Waals surface area contributed by atoms with Gasteiger partial charge in [0.1, 0.15) is 10.9 Å². The largest absolute Gasteiger partial charge is 0.490 e. The molecule has 3 rings (SSSR count). The van der Waals surface area contributed by atoms with Gasteiger partial charge in [0.2, 0.25) is 5.91 Å². The van der Waals surface area contributed by atoms with Crippen LogP contribution in [0.4, 0.5) is 4.79 Å². The fourth-order valence-corrected chi connectivity index (χ4v) is 3.32. The Balaban J connectivity index is 1.63. The van der Waals surface area contributed by atoms with E-state index in [1.807, 2.05) is 0 Å². The first-order valence-corrected chi connectivity index (χ1v) is 10.1. The van der Waals surface area contributed by atoms with E-state index in [2.05, 4.69) is 20.8 Å². The number of benzene rings is 1. The molecule has 31 heavy (non-hydrogen) atoms. The third-order valence-electron chi connectivity index (χ3n) is 3.89. The van der Waals surface area contributed by atoms with E-state index in [4.69, 9.17) is 9.47 Å². The molecule has 2 heterocycles. The number of amides is 3. The molecule has 1 aromatic carbocycles. The number of esters is 1. The van der Waals surface area contributed by atoms with Crippen LogP contribution >= 0.6 is 11.8 Å². The van der Waals surface area contributed by atoms with Crippen molar-refractivity contribution < 1.29 is 28.7 Å². The van der Waals surface area contributed by atoms with Gasteiger partial charge in [0, 0.05) is 6.20 Å². The zero-order valence-corrected chi connectivity index (χ0v) is 17.2. The molecule has 0 radical (unpaired) electrons. The summed E-state index contributed by atoms with van der Waals surface area (Å²) in [5, 5.41) is 4.70. The van der Waals surface area contributed by atoms with E-state index >= 15 is 0 Å². The maximum atomic E-state index is 12.2. The van der Waals surface area contributed by atoms with Gasteiger partial charge in [-0.1, -0.05) is 17.8 Å². The highest BCUT2D eigenvalue weighted by Crippen LogP contribution is 2.29. The first-order valence-electron chi connectivity index (χ1n) is 9.19. The van der Waals surface area contributed by atoms with Crippen LogP contribution in [0.25, 0.3) is 0 Å². The number of pyridine rings is 1. The number of hydrogen-bond acceptors (Lipinski definition) is 9. The molecule has 1 aromatic heterocycles. The predicted octanol–water partition coefficient (Wildman–Crippen LogP) is 1.89. The second kappa shape index (κ2) is 10.3. The topological polar surface area (TPSA) is 136 Å². The minimum Gasteiger partial charge on any atom is -0.490 e. The number of imide groups is 1. The molecule has 1 atom stereocenters. The number of rotatable bonds is 8. The van der Waals surface area contributed by atoms with E-state index in [0.29, 0.717) is 12.2 Å². The quantitative estimate of drug-likeness (QED) is 0.274. The van der Waals surface area contributed by atoms with Crippen LogP contribution in [0, 0.1) is 0 Å². The van der Waals surface area contributed by atoms with Gasteiger partial charge in [0.15, 0.2) is 11.5 Å². The van der Waals surface area contributed by atoms with Gasteiger partial charge in [-0.15, -0.1) is 0 Å². The van der Waals surface area contributed by atoms with Gasteiger partial charge in [0.25, 0.3) is 11.1 Å². The molecule has 0 spiro atoms. The van der Waals surface area contributed by atoms with E-state index in [1.165, 1.54) is 18.5 Å². The second-order valence-corrected chi connectivity index (χ2v) is 7.29. The highest BCUT2D eigenvalue weighted by Gasteiger charge is 2.34. The Labute approximate surface area is 181 Å². The Morgan fingerprint density at radius 1 is 1.26 bits per heavy atom. The molecule has 3 amide bonds. The van der Waals surface area contributed by atoms with Gasteiger partial charge in [-0.3, -0.25) is 29.5 Å². The summed E-state index contributed by atoms with van der Waals surface area (Å²) < 4.78 is 10.8. The lowest BCUT2D eigenvalue weighted by Crippen LogP contribution is -2.27. The Morgan fingerprint density at radius 2 is 2.10 bits per heavy atom. The smallest absolute Gasteiger partial charge is 0.312 e. The highest BCUT2D eigenvalue weighted by atomic mass is 32.2. The molecule has 1 unspecified atom stereocenters. The van der Waals surface area contributed by atoms with Crippen LogP contribution in [-0.2, 0) is 9.59 Å². The zero-order chi connectivity index (χ0) is 22.2. The molecular weight excluding hydrogens is 424 g/mol. The fraction of sp³-hybridized carbons (Fsp3) is 0.200. The number of carbonyl (C=O) groups is 4. The Bertz CT molecular complexity index is 1030. The van der Waals surface area contributed by atoms with E-state index in [1.54, 1.807) is 37.3 Å². The molecule has 0 saturated carbocycles. The number of nitrogens with zero attached hydrogens (tertiary/aromatic N) is 2. The number of carbonyl (C=O) groups excluding carboxylic acids is 4. The van der Waals surface area contributed by atoms with Crippen LogP contribution < -0.4 is 20.2 Å². The van der Waals surface area contributed by atoms with Crippen molar-refractivity contribution >= 4 is 41.0 Å². The summed E-state index contributed by atoms with van der Waals surface area (Å²) in [4.78, 5) is 50.9. The molecule has 1 aliphatic rings. The maximum absolute atomic E-state index is 12.2. The number of hydrazone groups is 1. The van der Waals surface area contributed by atoms with Gasteiger partial charge in [-0.2, -0.15) is 5.10 Å². The minimum absolute atomic E-state index is 0.163. The van der Waals surface area contributed by atoms with Crippen LogP contribution in [0.15, 0.2) is 47.7 Å². The minimum atomic E-state index is -0.815. The SMILES string of the molecule is CCOc1cc(/C=N/NC(=O)c2ccccn2)ccc1OC(=O)CC1SC(=O)NC1=O. The number of ether oxygens (including phenoxy) is 2. The van der Waals surface area contributed by atoms with Crippen molar-refractivity contribution in [2.45, 2.75) is 18.6 Å². The van der Waals surface area contributed by atoms with Crippen molar-refractivity contribution in [2.75, 3.05) is 6.61 Å². The zero-order valence-electron chi connectivity index (χ0n) is 16.4. The van der Waals surface area contributed by atoms with E-state index < -0.39 is 28.3 Å². The van der Waals surface area contributed by atoms with Crippen LogP contribution in [0.2, 0.25) is 0 Å². The average molecular weight is 442 g/mol. The third-order valence-corrected chi connectivity index (χ3v) is 4.87. The van der Waals surface area contributed by atoms with Gasteiger partial charge in [0.05, 0.1) is 19.2 Å². The first-order chi connectivity index (χ1) is 15.0. The van der Waals surface area contributed by atoms with Crippen molar-refractivity contribution in [3.05, 3.63) is 53.9 Å². The summed E-state index contributed by atoms with van der Waals surface area (Å²) in [6.07, 6.45) is 2.65. The van der Waals surface area contributed by atoms with E-state index in [-0.39, 0.29) is 23.6 Å². The lowest BCUT2D eigenvalue weighted by Gasteiger charge is -2.12. The van der Waals surface area contributed by atoms with Crippen molar-refractivity contribution in [1.29, 1.82) is 0 Å². The van der Waals surface area contributed by atoms with Crippen LogP contribution in [0.1, 0.15) is 29.4 Å². The maximum Gasteiger partial charge on any atom is 0.312 e. The van der Waals surface area contributed by atoms with E-state index in [9.17, 15) is 19.2 Å². The van der Waals surface area contributed by atoms with Crippen LogP contribution in [0.5, 0.6) is 11.5 Å². The van der Waals surface area contributed by atoms with Crippen LogP contribution in [-0.4, -0.2) is 46.1 Å². The van der Waals surface area contributed by atoms with Crippen LogP contribution in [0.3, 0.4) is 0 Å². The third kappa shape index (κ3) is 6.12. The molecule has 1 fully saturated rings. The Hall–Kier alpha value is -3.73. The molecule has 160 valence electrons. The molecule has 11 heteroatoms. The lowest BCUT2D eigenvalue weighted by atomic mass is 10.2. The number of thioether (sulfide) groups is 1. The Kier molecular flexibility index (Phi) is 7.33. The summed E-state index contributed by atoms with van der Waals surface area (Å²) in [5.74, 6) is -1.20. The molecule has 1 saturated heterocycles. The molecule has 2 N–H and O–H groups in total. The standard InChI is InChI=1S/C20H18N4O6S/c1-2-29-15-9-12(11-22-24-18(26)13-5-3-4-8-21-13)6-7-14(15)30-17(25)10-16-19(27)23-20(28)31-16/h3-9,11,16H,2,10H2,1H3,(H,24,26)(H,23,27,28)/b22-11+. The summed E-state index contributed by atoms with van der Waals surface area (Å²) in [7, 11) is 0. The summed E-state index contributed by atoms with van der Waals surface area (Å²) in [5.41, 5.74) is 3.18. The van der Waals surface area contributed by atoms with Crippen molar-refractivity contribution in [1.82, 2.24) is 15.7 Å². The first kappa shape index (κ1) is 22.0. The summed E-state index contributed by atoms with van der Waals surface area (Å²) >= 11 is 0.751. The lowest BCUT2D eigenvalue weighted by molar-refractivity contribution is -0.136. The van der Waals surface area contributed by atoms with Gasteiger partial charge >= 0.3 is 5.97 Å². The highest BCUT2D eigenvalue weighted by molar-refractivity contribution is 8.15. The van der Waals surface area contributed by atoms with Gasteiger partial charge < -0.3 is 9.47 Å². The molecule has 0 aliphatic carbocycles. The van der Waals surface area contributed by atoms with Crippen molar-refractivity contribution in [3.8, 4) is 11.5 Å². The molecule has 2 aromatic rings. The van der Waals surface area contributed by atoms with Crippen molar-refractivity contribution in [3.63, 3.8) is 0 Å². The van der Waals surface area contributed by atoms with Gasteiger partial charge in [-0.05, 0) is 42.8 Å². The number of hydrogen-bond donors (Lipinski definition) is 2. The Morgan fingerprint density at radius 3 is 2.77 bits per heavy atom. The normalized spacial score (nSPS) is 15.6. The summed E-state index contributed by atoms with van der Waals surface area (Å²) in [6, 6.07) is 9.66.